The van der Waals surface area contributed by atoms with Gasteiger partial charge in [0.1, 0.15) is 4.32 Å². The number of benzene rings is 1. The van der Waals surface area contributed by atoms with Gasteiger partial charge in [0.05, 0.1) is 22.6 Å². The zero-order valence-electron chi connectivity index (χ0n) is 13.9. The molecule has 0 N–H and O–H groups in total. The van der Waals surface area contributed by atoms with Gasteiger partial charge in [0.15, 0.2) is 11.5 Å². The first-order valence-electron chi connectivity index (χ1n) is 7.86. The molecule has 0 aromatic heterocycles. The Kier molecular flexibility index (Phi) is 7.13. The molecule has 24 heavy (non-hydrogen) atoms. The molecule has 1 aliphatic heterocycles. The normalized spacial score (nSPS) is 16.2. The maximum atomic E-state index is 12.3. The van der Waals surface area contributed by atoms with Gasteiger partial charge in [-0.1, -0.05) is 30.9 Å². The fourth-order valence-corrected chi connectivity index (χ4v) is 4.16. The molecule has 0 bridgehead atoms. The molecule has 1 amide bonds. The van der Waals surface area contributed by atoms with Crippen LogP contribution in [0.2, 0.25) is 0 Å². The van der Waals surface area contributed by atoms with E-state index in [1.165, 1.54) is 11.8 Å². The van der Waals surface area contributed by atoms with E-state index in [0.29, 0.717) is 40.5 Å². The molecule has 0 aliphatic carbocycles. The van der Waals surface area contributed by atoms with Crippen LogP contribution in [0.15, 0.2) is 21.5 Å². The van der Waals surface area contributed by atoms with Crippen LogP contribution in [0.5, 0.6) is 11.5 Å². The molecule has 1 aromatic rings. The molecule has 1 aromatic carbocycles. The van der Waals surface area contributed by atoms with Gasteiger partial charge in [0.2, 0.25) is 0 Å². The Morgan fingerprint density at radius 2 is 2.04 bits per heavy atom. The van der Waals surface area contributed by atoms with Crippen LogP contribution in [0.3, 0.4) is 0 Å². The summed E-state index contributed by atoms with van der Waals surface area (Å²) in [4.78, 5) is 14.6. The Balaban J connectivity index is 2.36. The minimum absolute atomic E-state index is 0.0482. The SMILES string of the molecule is CCCOc1c(Br)cc(/C=C2/SC(=S)N(CC)C2=O)cc1OCC. The molecule has 0 unspecified atom stereocenters. The van der Waals surface area contributed by atoms with Gasteiger partial charge in [0.25, 0.3) is 5.91 Å². The lowest BCUT2D eigenvalue weighted by atomic mass is 10.2. The van der Waals surface area contributed by atoms with Gasteiger partial charge in [0, 0.05) is 6.54 Å². The average molecular weight is 430 g/mol. The van der Waals surface area contributed by atoms with E-state index in [0.717, 1.165) is 16.5 Å². The summed E-state index contributed by atoms with van der Waals surface area (Å²) in [6, 6.07) is 3.81. The first-order valence-corrected chi connectivity index (χ1v) is 9.88. The summed E-state index contributed by atoms with van der Waals surface area (Å²) in [5, 5.41) is 0. The van der Waals surface area contributed by atoms with Crippen molar-refractivity contribution in [3.63, 3.8) is 0 Å². The van der Waals surface area contributed by atoms with Crippen LogP contribution in [0.1, 0.15) is 32.8 Å². The molecule has 1 aliphatic rings. The number of thiocarbonyl (C=S) groups is 1. The zero-order valence-corrected chi connectivity index (χ0v) is 17.1. The highest BCUT2D eigenvalue weighted by Gasteiger charge is 2.30. The number of rotatable bonds is 7. The molecule has 130 valence electrons. The van der Waals surface area contributed by atoms with E-state index < -0.39 is 0 Å². The van der Waals surface area contributed by atoms with Gasteiger partial charge in [-0.25, -0.2) is 0 Å². The van der Waals surface area contributed by atoms with Crippen LogP contribution in [-0.4, -0.2) is 34.9 Å². The third-order valence-electron chi connectivity index (χ3n) is 3.27. The van der Waals surface area contributed by atoms with Crippen LogP contribution in [0, 0.1) is 0 Å². The standard InChI is InChI=1S/C17H20BrNO3S2/c1-4-7-22-15-12(18)8-11(9-13(15)21-6-3)10-14-16(20)19(5-2)17(23)24-14/h8-10H,4-7H2,1-3H3/b14-10+. The molecular formula is C17H20BrNO3S2. The summed E-state index contributed by atoms with van der Waals surface area (Å²) >= 11 is 10.1. The molecule has 0 radical (unpaired) electrons. The zero-order chi connectivity index (χ0) is 17.7. The maximum absolute atomic E-state index is 12.3. The Hall–Kier alpha value is -1.05. The Morgan fingerprint density at radius 1 is 1.29 bits per heavy atom. The first-order chi connectivity index (χ1) is 11.5. The summed E-state index contributed by atoms with van der Waals surface area (Å²) in [6.45, 7) is 7.63. The second-order valence-electron chi connectivity index (χ2n) is 5.04. The number of nitrogens with zero attached hydrogens (tertiary/aromatic N) is 1. The predicted octanol–water partition coefficient (Wildman–Crippen LogP) is 4.86. The highest BCUT2D eigenvalue weighted by atomic mass is 79.9. The quantitative estimate of drug-likeness (QED) is 0.457. The van der Waals surface area contributed by atoms with Crippen LogP contribution >= 0.6 is 39.9 Å². The molecule has 0 saturated carbocycles. The van der Waals surface area contributed by atoms with Crippen LogP contribution in [-0.2, 0) is 4.79 Å². The monoisotopic (exact) mass is 429 g/mol. The highest BCUT2D eigenvalue weighted by molar-refractivity contribution is 9.10. The summed E-state index contributed by atoms with van der Waals surface area (Å²) in [5.41, 5.74) is 0.866. The predicted molar refractivity (Wildman–Crippen MR) is 107 cm³/mol. The highest BCUT2D eigenvalue weighted by Crippen LogP contribution is 2.39. The van der Waals surface area contributed by atoms with E-state index in [-0.39, 0.29) is 5.91 Å². The number of amides is 1. The van der Waals surface area contributed by atoms with Gasteiger partial charge in [-0.15, -0.1) is 0 Å². The molecule has 7 heteroatoms. The number of ether oxygens (including phenoxy) is 2. The Morgan fingerprint density at radius 3 is 2.62 bits per heavy atom. The lowest BCUT2D eigenvalue weighted by Crippen LogP contribution is -2.27. The molecule has 0 spiro atoms. The molecule has 1 fully saturated rings. The number of hydrogen-bond donors (Lipinski definition) is 0. The molecule has 2 rings (SSSR count). The van der Waals surface area contributed by atoms with Crippen LogP contribution in [0.25, 0.3) is 6.08 Å². The number of hydrogen-bond acceptors (Lipinski definition) is 5. The second-order valence-corrected chi connectivity index (χ2v) is 7.57. The number of likely N-dealkylation sites (N-methyl/N-ethyl adjacent to an activating group) is 1. The van der Waals surface area contributed by atoms with Crippen molar-refractivity contribution < 1.29 is 14.3 Å². The van der Waals surface area contributed by atoms with Crippen molar-refractivity contribution in [2.75, 3.05) is 19.8 Å². The molecule has 1 saturated heterocycles. The number of carbonyl (C=O) groups is 1. The van der Waals surface area contributed by atoms with E-state index >= 15 is 0 Å². The smallest absolute Gasteiger partial charge is 0.266 e. The van der Waals surface area contributed by atoms with Crippen molar-refractivity contribution in [1.82, 2.24) is 4.90 Å². The summed E-state index contributed by atoms with van der Waals surface area (Å²) in [7, 11) is 0. The van der Waals surface area contributed by atoms with Gasteiger partial charge >= 0.3 is 0 Å². The van der Waals surface area contributed by atoms with Crippen molar-refractivity contribution in [3.05, 3.63) is 27.1 Å². The number of halogens is 1. The maximum Gasteiger partial charge on any atom is 0.266 e. The number of thioether (sulfide) groups is 1. The lowest BCUT2D eigenvalue weighted by Gasteiger charge is -2.14. The fourth-order valence-electron chi connectivity index (χ4n) is 2.20. The van der Waals surface area contributed by atoms with Crippen molar-refractivity contribution in [2.24, 2.45) is 0 Å². The van der Waals surface area contributed by atoms with Gasteiger partial charge in [-0.3, -0.25) is 9.69 Å². The Bertz CT molecular complexity index is 676. The molecule has 1 heterocycles. The summed E-state index contributed by atoms with van der Waals surface area (Å²) < 4.78 is 12.9. The average Bonchev–Trinajstić information content (AvgIpc) is 2.80. The topological polar surface area (TPSA) is 38.8 Å². The summed E-state index contributed by atoms with van der Waals surface area (Å²) in [5.74, 6) is 1.31. The Labute approximate surface area is 160 Å². The van der Waals surface area contributed by atoms with Crippen molar-refractivity contribution in [1.29, 1.82) is 0 Å². The number of carbonyl (C=O) groups excluding carboxylic acids is 1. The van der Waals surface area contributed by atoms with Gasteiger partial charge in [-0.05, 0) is 60.0 Å². The van der Waals surface area contributed by atoms with Gasteiger partial charge in [-0.2, -0.15) is 0 Å². The second kappa shape index (κ2) is 8.87. The van der Waals surface area contributed by atoms with E-state index in [4.69, 9.17) is 21.7 Å². The van der Waals surface area contributed by atoms with E-state index in [1.54, 1.807) is 4.90 Å². The third-order valence-corrected chi connectivity index (χ3v) is 5.24. The van der Waals surface area contributed by atoms with Crippen LogP contribution < -0.4 is 9.47 Å². The molecule has 4 nitrogen and oxygen atoms in total. The van der Waals surface area contributed by atoms with E-state index in [1.807, 2.05) is 32.1 Å². The minimum atomic E-state index is -0.0482. The third kappa shape index (κ3) is 4.32. The molecule has 0 atom stereocenters. The largest absolute Gasteiger partial charge is 0.490 e. The van der Waals surface area contributed by atoms with Crippen molar-refractivity contribution in [3.8, 4) is 11.5 Å². The van der Waals surface area contributed by atoms with Crippen LogP contribution in [0.4, 0.5) is 0 Å². The van der Waals surface area contributed by atoms with Crippen molar-refractivity contribution in [2.45, 2.75) is 27.2 Å². The van der Waals surface area contributed by atoms with Gasteiger partial charge < -0.3 is 9.47 Å². The lowest BCUT2D eigenvalue weighted by molar-refractivity contribution is -0.121. The minimum Gasteiger partial charge on any atom is -0.490 e. The van der Waals surface area contributed by atoms with E-state index in [2.05, 4.69) is 22.9 Å². The van der Waals surface area contributed by atoms with E-state index in [9.17, 15) is 4.79 Å². The van der Waals surface area contributed by atoms with Crippen molar-refractivity contribution >= 4 is 56.2 Å². The summed E-state index contributed by atoms with van der Waals surface area (Å²) in [6.07, 6.45) is 2.76. The molecular weight excluding hydrogens is 410 g/mol. The fraction of sp³-hybridized carbons (Fsp3) is 0.412. The first kappa shape index (κ1) is 19.3.